The molecule has 1 unspecified atom stereocenters. The zero-order valence-corrected chi connectivity index (χ0v) is 17.5. The fourth-order valence-electron chi connectivity index (χ4n) is 4.94. The van der Waals surface area contributed by atoms with Gasteiger partial charge in [0.25, 0.3) is 5.91 Å². The number of nitrogens with one attached hydrogen (secondary N) is 1. The van der Waals surface area contributed by atoms with Crippen molar-refractivity contribution >= 4 is 5.91 Å². The molecule has 1 amide bonds. The van der Waals surface area contributed by atoms with Crippen molar-refractivity contribution in [3.05, 3.63) is 47.8 Å². The summed E-state index contributed by atoms with van der Waals surface area (Å²) in [5.41, 5.74) is 1.97. The standard InChI is InChI=1S/C23H33N5O/c1-18-13-25-22(26-18)23(29)28(15-19-7-5-11-24-14-19)17-20-8-6-12-27(16-20)21-9-3-2-4-10-21/h5,7,11,13-14,20-21H,2-4,6,8-10,12,15-17H2,1H3,(H,25,26). The number of pyridine rings is 1. The first kappa shape index (κ1) is 20.1. The zero-order chi connectivity index (χ0) is 20.1. The van der Waals surface area contributed by atoms with E-state index in [1.165, 1.54) is 51.5 Å². The average molecular weight is 396 g/mol. The lowest BCUT2D eigenvalue weighted by Gasteiger charge is -2.41. The van der Waals surface area contributed by atoms with Crippen LogP contribution in [0.1, 0.15) is 66.8 Å². The average Bonchev–Trinajstić information content (AvgIpc) is 3.21. The lowest BCUT2D eigenvalue weighted by Crippen LogP contribution is -2.47. The number of nitrogens with zero attached hydrogens (tertiary/aromatic N) is 4. The molecular formula is C23H33N5O. The largest absolute Gasteiger partial charge is 0.338 e. The second-order valence-electron chi connectivity index (χ2n) is 8.76. The summed E-state index contributed by atoms with van der Waals surface area (Å²) in [5.74, 6) is 0.936. The highest BCUT2D eigenvalue weighted by atomic mass is 16.2. The van der Waals surface area contributed by atoms with Gasteiger partial charge in [0.1, 0.15) is 0 Å². The van der Waals surface area contributed by atoms with Crippen LogP contribution < -0.4 is 0 Å². The van der Waals surface area contributed by atoms with Crippen LogP contribution >= 0.6 is 0 Å². The summed E-state index contributed by atoms with van der Waals surface area (Å²) in [4.78, 5) is 29.5. The van der Waals surface area contributed by atoms with E-state index in [4.69, 9.17) is 0 Å². The van der Waals surface area contributed by atoms with Crippen LogP contribution in [0.3, 0.4) is 0 Å². The molecule has 6 nitrogen and oxygen atoms in total. The molecule has 2 aromatic heterocycles. The predicted octanol–water partition coefficient (Wildman–Crippen LogP) is 3.80. The number of amides is 1. The minimum Gasteiger partial charge on any atom is -0.338 e. The maximum absolute atomic E-state index is 13.2. The highest BCUT2D eigenvalue weighted by Gasteiger charge is 2.29. The number of hydrogen-bond acceptors (Lipinski definition) is 4. The van der Waals surface area contributed by atoms with E-state index in [-0.39, 0.29) is 5.91 Å². The van der Waals surface area contributed by atoms with Gasteiger partial charge >= 0.3 is 0 Å². The Morgan fingerprint density at radius 3 is 2.79 bits per heavy atom. The van der Waals surface area contributed by atoms with E-state index in [0.717, 1.165) is 30.4 Å². The Morgan fingerprint density at radius 1 is 1.21 bits per heavy atom. The summed E-state index contributed by atoms with van der Waals surface area (Å²) < 4.78 is 0. The number of aromatic nitrogens is 3. The van der Waals surface area contributed by atoms with Crippen LogP contribution in [0.2, 0.25) is 0 Å². The maximum Gasteiger partial charge on any atom is 0.289 e. The minimum absolute atomic E-state index is 0.0169. The SMILES string of the molecule is Cc1cnc(C(=O)N(Cc2cccnc2)CC2CCCN(C3CCCCC3)C2)[nH]1. The van der Waals surface area contributed by atoms with Crippen LogP contribution in [0.25, 0.3) is 0 Å². The van der Waals surface area contributed by atoms with E-state index in [1.807, 2.05) is 30.2 Å². The molecule has 29 heavy (non-hydrogen) atoms. The van der Waals surface area contributed by atoms with Gasteiger partial charge in [-0.2, -0.15) is 0 Å². The van der Waals surface area contributed by atoms with Gasteiger partial charge in [-0.15, -0.1) is 0 Å². The van der Waals surface area contributed by atoms with Crippen LogP contribution in [0.5, 0.6) is 0 Å². The molecule has 1 atom stereocenters. The fraction of sp³-hybridized carbons (Fsp3) is 0.609. The first-order valence-corrected chi connectivity index (χ1v) is 11.1. The first-order valence-electron chi connectivity index (χ1n) is 11.1. The molecule has 2 aromatic rings. The van der Waals surface area contributed by atoms with Gasteiger partial charge in [-0.05, 0) is 56.7 Å². The van der Waals surface area contributed by atoms with Crippen molar-refractivity contribution in [2.75, 3.05) is 19.6 Å². The number of carbonyl (C=O) groups excluding carboxylic acids is 1. The molecule has 0 aromatic carbocycles. The molecule has 3 heterocycles. The number of likely N-dealkylation sites (tertiary alicyclic amines) is 1. The molecule has 6 heteroatoms. The number of aryl methyl sites for hydroxylation is 1. The van der Waals surface area contributed by atoms with Crippen LogP contribution in [0.15, 0.2) is 30.7 Å². The molecule has 0 spiro atoms. The molecule has 2 aliphatic rings. The highest BCUT2D eigenvalue weighted by Crippen LogP contribution is 2.28. The minimum atomic E-state index is -0.0169. The van der Waals surface area contributed by atoms with E-state index in [0.29, 0.717) is 18.3 Å². The van der Waals surface area contributed by atoms with Crippen molar-refractivity contribution in [2.45, 2.75) is 64.5 Å². The lowest BCUT2D eigenvalue weighted by atomic mass is 9.90. The molecule has 1 aliphatic heterocycles. The lowest BCUT2D eigenvalue weighted by molar-refractivity contribution is 0.0575. The molecule has 2 fully saturated rings. The second-order valence-corrected chi connectivity index (χ2v) is 8.76. The summed E-state index contributed by atoms with van der Waals surface area (Å²) in [6.07, 6.45) is 14.6. The van der Waals surface area contributed by atoms with E-state index in [9.17, 15) is 4.79 Å². The summed E-state index contributed by atoms with van der Waals surface area (Å²) in [6, 6.07) is 4.72. The van der Waals surface area contributed by atoms with Gasteiger partial charge in [0, 0.05) is 50.0 Å². The Labute approximate surface area is 173 Å². The van der Waals surface area contributed by atoms with Crippen LogP contribution in [-0.2, 0) is 6.54 Å². The van der Waals surface area contributed by atoms with Crippen molar-refractivity contribution in [3.63, 3.8) is 0 Å². The van der Waals surface area contributed by atoms with Crippen molar-refractivity contribution in [2.24, 2.45) is 5.92 Å². The van der Waals surface area contributed by atoms with Crippen molar-refractivity contribution in [1.29, 1.82) is 0 Å². The Balaban J connectivity index is 1.46. The molecular weight excluding hydrogens is 362 g/mol. The Kier molecular flexibility index (Phi) is 6.60. The van der Waals surface area contributed by atoms with Gasteiger partial charge < -0.3 is 14.8 Å². The van der Waals surface area contributed by atoms with Crippen LogP contribution in [0.4, 0.5) is 0 Å². The Hall–Kier alpha value is -2.21. The normalized spacial score (nSPS) is 21.2. The highest BCUT2D eigenvalue weighted by molar-refractivity contribution is 5.90. The smallest absolute Gasteiger partial charge is 0.289 e. The third-order valence-corrected chi connectivity index (χ3v) is 6.41. The molecule has 4 rings (SSSR count). The second kappa shape index (κ2) is 9.53. The van der Waals surface area contributed by atoms with Gasteiger partial charge in [0.15, 0.2) is 5.82 Å². The number of hydrogen-bond donors (Lipinski definition) is 1. The molecule has 1 N–H and O–H groups in total. The molecule has 0 radical (unpaired) electrons. The zero-order valence-electron chi connectivity index (χ0n) is 17.5. The molecule has 0 bridgehead atoms. The molecule has 1 saturated carbocycles. The fourth-order valence-corrected chi connectivity index (χ4v) is 4.94. The predicted molar refractivity (Wildman–Crippen MR) is 113 cm³/mol. The summed E-state index contributed by atoms with van der Waals surface area (Å²) in [7, 11) is 0. The molecule has 1 saturated heterocycles. The topological polar surface area (TPSA) is 65.1 Å². The monoisotopic (exact) mass is 395 g/mol. The Bertz CT molecular complexity index is 784. The molecule has 156 valence electrons. The number of carbonyl (C=O) groups is 1. The van der Waals surface area contributed by atoms with E-state index in [2.05, 4.69) is 19.9 Å². The number of rotatable bonds is 6. The summed E-state index contributed by atoms with van der Waals surface area (Å²) >= 11 is 0. The third-order valence-electron chi connectivity index (χ3n) is 6.41. The van der Waals surface area contributed by atoms with E-state index >= 15 is 0 Å². The summed E-state index contributed by atoms with van der Waals surface area (Å²) in [6.45, 7) is 5.61. The first-order chi connectivity index (χ1) is 14.2. The van der Waals surface area contributed by atoms with Crippen molar-refractivity contribution < 1.29 is 4.79 Å². The van der Waals surface area contributed by atoms with Gasteiger partial charge in [0.2, 0.25) is 0 Å². The van der Waals surface area contributed by atoms with Crippen LogP contribution in [-0.4, -0.2) is 56.3 Å². The van der Waals surface area contributed by atoms with Gasteiger partial charge in [-0.1, -0.05) is 25.3 Å². The van der Waals surface area contributed by atoms with Crippen LogP contribution in [0, 0.1) is 12.8 Å². The quantitative estimate of drug-likeness (QED) is 0.808. The number of imidazole rings is 1. The Morgan fingerprint density at radius 2 is 2.07 bits per heavy atom. The maximum atomic E-state index is 13.2. The number of H-pyrrole nitrogens is 1. The van der Waals surface area contributed by atoms with Crippen molar-refractivity contribution in [3.8, 4) is 0 Å². The van der Waals surface area contributed by atoms with Gasteiger partial charge in [-0.25, -0.2) is 4.98 Å². The van der Waals surface area contributed by atoms with Crippen molar-refractivity contribution in [1.82, 2.24) is 24.8 Å². The molecule has 1 aliphatic carbocycles. The number of aromatic amines is 1. The third kappa shape index (κ3) is 5.24. The van der Waals surface area contributed by atoms with Gasteiger partial charge in [0.05, 0.1) is 0 Å². The van der Waals surface area contributed by atoms with Gasteiger partial charge in [-0.3, -0.25) is 9.78 Å². The number of piperidine rings is 1. The summed E-state index contributed by atoms with van der Waals surface area (Å²) in [5, 5.41) is 0. The van der Waals surface area contributed by atoms with E-state index < -0.39 is 0 Å². The van der Waals surface area contributed by atoms with E-state index in [1.54, 1.807) is 12.4 Å².